The predicted octanol–water partition coefficient (Wildman–Crippen LogP) is -0.749. The van der Waals surface area contributed by atoms with E-state index < -0.39 is 0 Å². The van der Waals surface area contributed by atoms with Crippen molar-refractivity contribution in [3.63, 3.8) is 0 Å². The molecule has 1 N–H and O–H groups in total. The average Bonchev–Trinajstić information content (AvgIpc) is 1.71. The minimum atomic E-state index is 0.750. The number of nitrogens with one attached hydrogen (secondary N) is 1. The van der Waals surface area contributed by atoms with Crippen LogP contribution < -0.4 is 5.16 Å². The molecule has 0 radical (unpaired) electrons. The molecule has 0 aliphatic heterocycles. The molecule has 0 bridgehead atoms. The number of hydrogen-bond donors (Lipinski definition) is 1. The maximum absolute atomic E-state index is 9.22. The smallest absolute Gasteiger partial charge is 0.148 e. The Morgan fingerprint density at radius 2 is 2.12 bits per heavy atom. The van der Waals surface area contributed by atoms with Gasteiger partial charge in [-0.2, -0.15) is 0 Å². The fourth-order valence-corrected chi connectivity index (χ4v) is 0.0833. The van der Waals surface area contributed by atoms with Crippen molar-refractivity contribution >= 4 is 12.5 Å². The van der Waals surface area contributed by atoms with Gasteiger partial charge < -0.3 is 10.0 Å². The van der Waals surface area contributed by atoms with E-state index in [0.29, 0.717) is 0 Å². The molecule has 0 spiro atoms. The third-order valence-electron chi connectivity index (χ3n) is 0.287. The summed E-state index contributed by atoms with van der Waals surface area (Å²) in [5.41, 5.74) is 0. The second kappa shape index (κ2) is 16.5. The first-order valence-electron chi connectivity index (χ1n) is 2.42. The molecule has 3 nitrogen and oxygen atoms in total. The van der Waals surface area contributed by atoms with Crippen LogP contribution in [0, 0.1) is 5.21 Å². The van der Waals surface area contributed by atoms with Gasteiger partial charge in [-0.25, -0.2) is 5.16 Å². The van der Waals surface area contributed by atoms with E-state index in [1.807, 2.05) is 6.92 Å². The molecule has 0 aliphatic rings. The van der Waals surface area contributed by atoms with Gasteiger partial charge in [0.05, 0.1) is 0 Å². The van der Waals surface area contributed by atoms with Crippen LogP contribution in [0.25, 0.3) is 0 Å². The highest BCUT2D eigenvalue weighted by Crippen LogP contribution is 1.50. The second-order valence-electron chi connectivity index (χ2n) is 0.966. The number of carbonyl (C=O) groups is 1. The van der Waals surface area contributed by atoms with Gasteiger partial charge in [-0.1, -0.05) is 6.92 Å². The molecule has 0 saturated carbocycles. The van der Waals surface area contributed by atoms with Crippen molar-refractivity contribution in [1.82, 2.24) is 0 Å². The summed E-state index contributed by atoms with van der Waals surface area (Å²) in [6.45, 7) is 3.34. The summed E-state index contributed by atoms with van der Waals surface area (Å²) < 4.78 is 0. The molecule has 0 saturated heterocycles. The van der Waals surface area contributed by atoms with E-state index in [2.05, 4.69) is 0 Å². The molecule has 0 aliphatic carbocycles. The lowest BCUT2D eigenvalue weighted by Crippen LogP contribution is -2.59. The third kappa shape index (κ3) is 67.8. The highest BCUT2D eigenvalue weighted by molar-refractivity contribution is 5.49. The summed E-state index contributed by atoms with van der Waals surface area (Å²) in [5, 5.41) is 10.9. The molecule has 0 aromatic carbocycles. The van der Waals surface area contributed by atoms with E-state index in [0.717, 1.165) is 12.7 Å². The topological polar surface area (TPSA) is 54.1 Å². The maximum Gasteiger partial charge on any atom is 0.148 e. The summed E-state index contributed by atoms with van der Waals surface area (Å²) in [7, 11) is 0. The summed E-state index contributed by atoms with van der Waals surface area (Å²) in [6, 6.07) is 0. The molecule has 0 heterocycles. The van der Waals surface area contributed by atoms with Crippen LogP contribution in [0.4, 0.5) is 0 Å². The van der Waals surface area contributed by atoms with Crippen molar-refractivity contribution < 1.29 is 9.95 Å². The zero-order chi connectivity index (χ0) is 6.83. The molecule has 0 fully saturated rings. The van der Waals surface area contributed by atoms with Crippen LogP contribution in [0.5, 0.6) is 0 Å². The summed E-state index contributed by atoms with van der Waals surface area (Å²) >= 11 is 0. The van der Waals surface area contributed by atoms with Crippen molar-refractivity contribution in [3.05, 3.63) is 5.21 Å². The SMILES string of the molecule is CC=O.CCC=[NH+][O-]. The average molecular weight is 117 g/mol. The minimum absolute atomic E-state index is 0.750. The van der Waals surface area contributed by atoms with E-state index in [1.54, 1.807) is 5.16 Å². The quantitative estimate of drug-likeness (QED) is 0.213. The van der Waals surface area contributed by atoms with E-state index in [9.17, 15) is 5.21 Å². The minimum Gasteiger partial charge on any atom is -0.626 e. The van der Waals surface area contributed by atoms with E-state index in [-0.39, 0.29) is 0 Å². The van der Waals surface area contributed by atoms with Gasteiger partial charge in [0, 0.05) is 6.42 Å². The van der Waals surface area contributed by atoms with Gasteiger partial charge in [0.15, 0.2) is 0 Å². The molecular weight excluding hydrogens is 106 g/mol. The zero-order valence-corrected chi connectivity index (χ0v) is 5.18. The summed E-state index contributed by atoms with van der Waals surface area (Å²) in [6.07, 6.45) is 2.99. The van der Waals surface area contributed by atoms with Gasteiger partial charge in [0.1, 0.15) is 12.5 Å². The van der Waals surface area contributed by atoms with Crippen LogP contribution >= 0.6 is 0 Å². The monoisotopic (exact) mass is 117 g/mol. The van der Waals surface area contributed by atoms with Gasteiger partial charge in [-0.05, 0) is 6.92 Å². The normalized spacial score (nSPS) is 7.75. The van der Waals surface area contributed by atoms with Gasteiger partial charge in [-0.3, -0.25) is 0 Å². The summed E-state index contributed by atoms with van der Waals surface area (Å²) in [5.74, 6) is 0. The number of aldehydes is 1. The fourth-order valence-electron chi connectivity index (χ4n) is 0.0833. The molecule has 48 valence electrons. The largest absolute Gasteiger partial charge is 0.626 e. The Morgan fingerprint density at radius 3 is 2.12 bits per heavy atom. The number of carbonyl (C=O) groups excluding carboxylic acids is 1. The Hall–Kier alpha value is -0.860. The molecular formula is C5H11NO2. The van der Waals surface area contributed by atoms with Gasteiger partial charge in [-0.15, -0.1) is 0 Å². The van der Waals surface area contributed by atoms with E-state index >= 15 is 0 Å². The number of rotatable bonds is 1. The molecule has 0 aromatic heterocycles. The molecule has 0 aromatic rings. The zero-order valence-electron chi connectivity index (χ0n) is 5.18. The molecule has 0 atom stereocenters. The van der Waals surface area contributed by atoms with Gasteiger partial charge in [0.25, 0.3) is 0 Å². The molecule has 8 heavy (non-hydrogen) atoms. The first-order valence-corrected chi connectivity index (χ1v) is 2.42. The van der Waals surface area contributed by atoms with Crippen molar-refractivity contribution in [2.45, 2.75) is 20.3 Å². The van der Waals surface area contributed by atoms with Crippen molar-refractivity contribution in [3.8, 4) is 0 Å². The molecule has 0 amide bonds. The Bertz CT molecular complexity index is 61.4. The van der Waals surface area contributed by atoms with E-state index in [1.165, 1.54) is 13.1 Å². The Balaban J connectivity index is 0. The van der Waals surface area contributed by atoms with Crippen LogP contribution in [-0.2, 0) is 4.79 Å². The second-order valence-corrected chi connectivity index (χ2v) is 0.966. The molecule has 3 heteroatoms. The number of hydrogen-bond acceptors (Lipinski definition) is 2. The van der Waals surface area contributed by atoms with Crippen LogP contribution in [-0.4, -0.2) is 12.5 Å². The van der Waals surface area contributed by atoms with Gasteiger partial charge >= 0.3 is 0 Å². The first-order chi connectivity index (χ1) is 3.83. The van der Waals surface area contributed by atoms with Gasteiger partial charge in [0.2, 0.25) is 0 Å². The lowest BCUT2D eigenvalue weighted by Gasteiger charge is -1.70. The fraction of sp³-hybridized carbons (Fsp3) is 0.600. The van der Waals surface area contributed by atoms with Crippen LogP contribution in [0.1, 0.15) is 20.3 Å². The molecule has 0 rings (SSSR count). The van der Waals surface area contributed by atoms with Crippen molar-refractivity contribution in [1.29, 1.82) is 0 Å². The highest BCUT2D eigenvalue weighted by atomic mass is 16.4. The summed E-state index contributed by atoms with van der Waals surface area (Å²) in [4.78, 5) is 8.81. The van der Waals surface area contributed by atoms with Crippen LogP contribution in [0.15, 0.2) is 0 Å². The standard InChI is InChI=1S/C3H7NO.C2H4O/c1-2-3-4-5;1-2-3/h3-4H,2H2,1H3;2H,1H3. The first kappa shape index (κ1) is 10.2. The molecule has 0 unspecified atom stereocenters. The Morgan fingerprint density at radius 1 is 1.75 bits per heavy atom. The van der Waals surface area contributed by atoms with Crippen molar-refractivity contribution in [2.24, 2.45) is 0 Å². The van der Waals surface area contributed by atoms with Crippen LogP contribution in [0.2, 0.25) is 0 Å². The Kier molecular flexibility index (Phi) is 21.0. The van der Waals surface area contributed by atoms with Crippen molar-refractivity contribution in [2.75, 3.05) is 0 Å². The lowest BCUT2D eigenvalue weighted by molar-refractivity contribution is -0.368. The van der Waals surface area contributed by atoms with E-state index in [4.69, 9.17) is 4.79 Å². The maximum atomic E-state index is 9.22. The van der Waals surface area contributed by atoms with Crippen LogP contribution in [0.3, 0.4) is 0 Å². The lowest BCUT2D eigenvalue weighted by atomic mass is 10.6. The highest BCUT2D eigenvalue weighted by Gasteiger charge is 1.58. The third-order valence-corrected chi connectivity index (χ3v) is 0.287. The Labute approximate surface area is 49.0 Å². The predicted molar refractivity (Wildman–Crippen MR) is 32.4 cm³/mol.